The van der Waals surface area contributed by atoms with E-state index in [0.717, 1.165) is 0 Å². The summed E-state index contributed by atoms with van der Waals surface area (Å²) in [5.41, 5.74) is 0.980. The number of aromatic nitrogens is 2. The number of halogens is 5. The molecule has 0 amide bonds. The molecule has 7 heteroatoms. The Balaban J connectivity index is 2.40. The second-order valence-corrected chi connectivity index (χ2v) is 5.46. The molecular formula is C14H7Cl3F2N2. The van der Waals surface area contributed by atoms with Crippen molar-refractivity contribution >= 4 is 45.8 Å². The number of rotatable bonds is 2. The van der Waals surface area contributed by atoms with Crippen LogP contribution in [0.5, 0.6) is 0 Å². The molecule has 0 bridgehead atoms. The Morgan fingerprint density at radius 1 is 1.05 bits per heavy atom. The van der Waals surface area contributed by atoms with Gasteiger partial charge in [-0.25, -0.2) is 13.8 Å². The molecule has 0 saturated heterocycles. The predicted octanol–water partition coefficient (Wildman–Crippen LogP) is 5.35. The molecule has 0 N–H and O–H groups in total. The number of imidazole rings is 1. The first-order valence-corrected chi connectivity index (χ1v) is 7.18. The van der Waals surface area contributed by atoms with Gasteiger partial charge in [-0.05, 0) is 24.3 Å². The van der Waals surface area contributed by atoms with Crippen molar-refractivity contribution in [2.75, 3.05) is 0 Å². The molecule has 2 aromatic carbocycles. The van der Waals surface area contributed by atoms with Crippen molar-refractivity contribution in [1.29, 1.82) is 0 Å². The maximum Gasteiger partial charge on any atom is 0.147 e. The normalized spacial score (nSPS) is 11.3. The van der Waals surface area contributed by atoms with E-state index in [1.54, 1.807) is 0 Å². The fourth-order valence-corrected chi connectivity index (χ4v) is 2.64. The summed E-state index contributed by atoms with van der Waals surface area (Å²) < 4.78 is 29.1. The average molecular weight is 348 g/mol. The summed E-state index contributed by atoms with van der Waals surface area (Å²) >= 11 is 17.6. The van der Waals surface area contributed by atoms with E-state index in [1.165, 1.54) is 34.9 Å². The highest BCUT2D eigenvalue weighted by molar-refractivity contribution is 6.31. The Morgan fingerprint density at radius 2 is 1.81 bits per heavy atom. The zero-order chi connectivity index (χ0) is 15.1. The smallest absolute Gasteiger partial charge is 0.147 e. The van der Waals surface area contributed by atoms with Crippen LogP contribution in [0, 0.1) is 11.6 Å². The number of hydrogen-bond donors (Lipinski definition) is 0. The third-order valence-corrected chi connectivity index (χ3v) is 3.80. The molecule has 1 heterocycles. The highest BCUT2D eigenvalue weighted by atomic mass is 35.5. The summed E-state index contributed by atoms with van der Waals surface area (Å²) in [6.45, 7) is 0. The molecule has 3 rings (SSSR count). The van der Waals surface area contributed by atoms with Crippen LogP contribution in [0.1, 0.15) is 5.82 Å². The van der Waals surface area contributed by atoms with Gasteiger partial charge in [0.2, 0.25) is 0 Å². The van der Waals surface area contributed by atoms with Gasteiger partial charge in [0.15, 0.2) is 0 Å². The first-order valence-electron chi connectivity index (χ1n) is 5.89. The van der Waals surface area contributed by atoms with Crippen LogP contribution >= 0.6 is 34.8 Å². The molecule has 0 fully saturated rings. The van der Waals surface area contributed by atoms with Gasteiger partial charge in [0.1, 0.15) is 17.5 Å². The number of alkyl halides is 1. The molecule has 0 unspecified atom stereocenters. The van der Waals surface area contributed by atoms with E-state index in [-0.39, 0.29) is 16.6 Å². The lowest BCUT2D eigenvalue weighted by atomic mass is 10.2. The van der Waals surface area contributed by atoms with Crippen molar-refractivity contribution in [2.24, 2.45) is 0 Å². The third kappa shape index (κ3) is 2.48. The monoisotopic (exact) mass is 346 g/mol. The van der Waals surface area contributed by atoms with Crippen molar-refractivity contribution < 1.29 is 8.78 Å². The zero-order valence-corrected chi connectivity index (χ0v) is 12.6. The summed E-state index contributed by atoms with van der Waals surface area (Å²) in [5.74, 6) is -0.693. The molecule has 0 aliphatic carbocycles. The third-order valence-electron chi connectivity index (χ3n) is 3.03. The predicted molar refractivity (Wildman–Crippen MR) is 80.6 cm³/mol. The van der Waals surface area contributed by atoms with Gasteiger partial charge in [0.05, 0.1) is 27.6 Å². The van der Waals surface area contributed by atoms with E-state index in [0.29, 0.717) is 21.9 Å². The quantitative estimate of drug-likeness (QED) is 0.571. The van der Waals surface area contributed by atoms with E-state index >= 15 is 0 Å². The van der Waals surface area contributed by atoms with Crippen LogP contribution in [0.3, 0.4) is 0 Å². The molecule has 0 radical (unpaired) electrons. The summed E-state index contributed by atoms with van der Waals surface area (Å²) in [4.78, 5) is 4.20. The van der Waals surface area contributed by atoms with Crippen LogP contribution in [0.4, 0.5) is 8.78 Å². The SMILES string of the molecule is Fc1cc2nc(CCl)n(-c3cc(Cl)ccc3F)c2cc1Cl. The Labute approximate surface area is 133 Å². The molecule has 1 aromatic heterocycles. The van der Waals surface area contributed by atoms with E-state index in [2.05, 4.69) is 4.98 Å². The van der Waals surface area contributed by atoms with Crippen LogP contribution in [0.25, 0.3) is 16.7 Å². The van der Waals surface area contributed by atoms with Gasteiger partial charge in [0.25, 0.3) is 0 Å². The van der Waals surface area contributed by atoms with Crippen LogP contribution in [0.15, 0.2) is 30.3 Å². The Hall–Kier alpha value is -1.36. The van der Waals surface area contributed by atoms with E-state index in [4.69, 9.17) is 34.8 Å². The lowest BCUT2D eigenvalue weighted by Gasteiger charge is -2.09. The largest absolute Gasteiger partial charge is 0.292 e. The van der Waals surface area contributed by atoms with Crippen molar-refractivity contribution in [3.05, 3.63) is 57.8 Å². The van der Waals surface area contributed by atoms with E-state index in [1.807, 2.05) is 0 Å². The second kappa shape index (κ2) is 5.44. The van der Waals surface area contributed by atoms with Crippen molar-refractivity contribution in [3.8, 4) is 5.69 Å². The maximum absolute atomic E-state index is 14.1. The Kier molecular flexibility index (Phi) is 3.78. The molecule has 0 aliphatic heterocycles. The van der Waals surface area contributed by atoms with Gasteiger partial charge >= 0.3 is 0 Å². The first-order chi connectivity index (χ1) is 10.0. The number of nitrogens with zero attached hydrogens (tertiary/aromatic N) is 2. The van der Waals surface area contributed by atoms with Gasteiger partial charge in [-0.3, -0.25) is 4.57 Å². The minimum Gasteiger partial charge on any atom is -0.292 e. The molecule has 0 atom stereocenters. The minimum atomic E-state index is -0.596. The zero-order valence-electron chi connectivity index (χ0n) is 10.4. The number of benzene rings is 2. The lowest BCUT2D eigenvalue weighted by Crippen LogP contribution is -2.02. The molecule has 2 nitrogen and oxygen atoms in total. The van der Waals surface area contributed by atoms with Crippen LogP contribution in [-0.4, -0.2) is 9.55 Å². The summed E-state index contributed by atoms with van der Waals surface area (Å²) in [6.07, 6.45) is 0. The van der Waals surface area contributed by atoms with E-state index in [9.17, 15) is 8.78 Å². The molecule has 21 heavy (non-hydrogen) atoms. The van der Waals surface area contributed by atoms with Gasteiger partial charge in [-0.2, -0.15) is 0 Å². The average Bonchev–Trinajstić information content (AvgIpc) is 2.79. The van der Waals surface area contributed by atoms with Crippen LogP contribution < -0.4 is 0 Å². The number of fused-ring (bicyclic) bond motifs is 1. The first kappa shape index (κ1) is 14.6. The second-order valence-electron chi connectivity index (χ2n) is 4.35. The molecule has 0 saturated carbocycles. The van der Waals surface area contributed by atoms with Crippen LogP contribution in [-0.2, 0) is 5.88 Å². The minimum absolute atomic E-state index is 0.0277. The standard InChI is InChI=1S/C14H7Cl3F2N2/c15-6-14-20-11-5-10(19)8(17)4-13(11)21(14)12-3-7(16)1-2-9(12)18/h1-5H,6H2. The topological polar surface area (TPSA) is 17.8 Å². The molecule has 3 aromatic rings. The fraction of sp³-hybridized carbons (Fsp3) is 0.0714. The van der Waals surface area contributed by atoms with Crippen LogP contribution in [0.2, 0.25) is 10.0 Å². The van der Waals surface area contributed by atoms with Crippen molar-refractivity contribution in [2.45, 2.75) is 5.88 Å². The van der Waals surface area contributed by atoms with Gasteiger partial charge in [-0.1, -0.05) is 23.2 Å². The highest BCUT2D eigenvalue weighted by Crippen LogP contribution is 2.29. The number of hydrogen-bond acceptors (Lipinski definition) is 1. The fourth-order valence-electron chi connectivity index (χ4n) is 2.14. The van der Waals surface area contributed by atoms with Gasteiger partial charge < -0.3 is 0 Å². The molecule has 0 aliphatic rings. The Bertz CT molecular complexity index is 846. The van der Waals surface area contributed by atoms with Gasteiger partial charge in [-0.15, -0.1) is 11.6 Å². The molecule has 108 valence electrons. The Morgan fingerprint density at radius 3 is 2.52 bits per heavy atom. The van der Waals surface area contributed by atoms with E-state index < -0.39 is 11.6 Å². The highest BCUT2D eigenvalue weighted by Gasteiger charge is 2.17. The summed E-state index contributed by atoms with van der Waals surface area (Å²) in [7, 11) is 0. The van der Waals surface area contributed by atoms with Crippen molar-refractivity contribution in [3.63, 3.8) is 0 Å². The molecule has 0 spiro atoms. The summed E-state index contributed by atoms with van der Waals surface area (Å²) in [5, 5.41) is 0.286. The summed E-state index contributed by atoms with van der Waals surface area (Å²) in [6, 6.07) is 6.70. The molecular weight excluding hydrogens is 341 g/mol. The van der Waals surface area contributed by atoms with Crippen molar-refractivity contribution in [1.82, 2.24) is 9.55 Å². The van der Waals surface area contributed by atoms with Gasteiger partial charge in [0, 0.05) is 11.1 Å². The lowest BCUT2D eigenvalue weighted by molar-refractivity contribution is 0.617. The maximum atomic E-state index is 14.1.